The predicted octanol–water partition coefficient (Wildman–Crippen LogP) is 7.37. The first-order chi connectivity index (χ1) is 21.1. The van der Waals surface area contributed by atoms with Crippen LogP contribution in [0.2, 0.25) is 5.02 Å². The number of hydrogen-bond donors (Lipinski definition) is 3. The monoisotopic (exact) mass is 638 g/mol. The van der Waals surface area contributed by atoms with Gasteiger partial charge in [0, 0.05) is 22.6 Å². The van der Waals surface area contributed by atoms with E-state index in [1.807, 2.05) is 13.0 Å². The van der Waals surface area contributed by atoms with E-state index < -0.39 is 28.5 Å². The number of carboxylic acids is 1. The molecule has 0 bridgehead atoms. The van der Waals surface area contributed by atoms with Crippen LogP contribution in [0.5, 0.6) is 11.5 Å². The Morgan fingerprint density at radius 2 is 1.93 bits per heavy atom. The lowest BCUT2D eigenvalue weighted by molar-refractivity contribution is 0.0662. The van der Waals surface area contributed by atoms with Gasteiger partial charge in [0.05, 0.1) is 27.8 Å². The molecule has 4 aromatic rings. The lowest BCUT2D eigenvalue weighted by Crippen LogP contribution is -2.12. The van der Waals surface area contributed by atoms with Crippen molar-refractivity contribution in [1.82, 2.24) is 0 Å². The van der Waals surface area contributed by atoms with Crippen molar-refractivity contribution in [2.75, 3.05) is 6.61 Å². The number of aliphatic hydroxyl groups is 1. The highest BCUT2D eigenvalue weighted by Crippen LogP contribution is 2.36. The number of ether oxygens (including phenoxy) is 1. The number of ketones is 1. The van der Waals surface area contributed by atoms with E-state index in [0.29, 0.717) is 40.7 Å². The lowest BCUT2D eigenvalue weighted by atomic mass is 10.0. The molecule has 11 heteroatoms. The van der Waals surface area contributed by atoms with Gasteiger partial charge in [0.15, 0.2) is 11.2 Å². The van der Waals surface area contributed by atoms with Crippen LogP contribution in [0.3, 0.4) is 0 Å². The van der Waals surface area contributed by atoms with Crippen molar-refractivity contribution >= 4 is 46.1 Å². The van der Waals surface area contributed by atoms with Crippen molar-refractivity contribution in [3.8, 4) is 11.5 Å². The third-order valence-corrected chi connectivity index (χ3v) is 7.99. The number of phenols is 1. The van der Waals surface area contributed by atoms with Gasteiger partial charge >= 0.3 is 5.97 Å². The average Bonchev–Trinajstić information content (AvgIpc) is 3.42. The number of furan rings is 1. The highest BCUT2D eigenvalue weighted by atomic mass is 35.5. The molecule has 0 amide bonds. The predicted molar refractivity (Wildman–Crippen MR) is 168 cm³/mol. The Kier molecular flexibility index (Phi) is 11.1. The number of hydrogen-bond acceptors (Lipinski definition) is 9. The van der Waals surface area contributed by atoms with Gasteiger partial charge in [-0.3, -0.25) is 9.59 Å². The maximum Gasteiger partial charge on any atom is 0.371 e. The molecule has 9 nitrogen and oxygen atoms in total. The fourth-order valence-electron chi connectivity index (χ4n) is 4.44. The molecule has 0 saturated heterocycles. The van der Waals surface area contributed by atoms with Crippen LogP contribution in [-0.4, -0.2) is 38.9 Å². The van der Waals surface area contributed by atoms with Crippen LogP contribution in [0.15, 0.2) is 91.6 Å². The van der Waals surface area contributed by atoms with Crippen LogP contribution < -0.4 is 10.2 Å². The van der Waals surface area contributed by atoms with Crippen molar-refractivity contribution in [1.29, 1.82) is 0 Å². The topological polar surface area (TPSA) is 147 Å². The van der Waals surface area contributed by atoms with Gasteiger partial charge in [0.1, 0.15) is 35.2 Å². The van der Waals surface area contributed by atoms with E-state index in [1.165, 1.54) is 31.0 Å². The molecule has 0 aliphatic rings. The molecule has 2 atom stereocenters. The van der Waals surface area contributed by atoms with Crippen LogP contribution in [0, 0.1) is 0 Å². The molecular weight excluding hydrogens is 608 g/mol. The number of aromatic hydroxyl groups is 1. The summed E-state index contributed by atoms with van der Waals surface area (Å²) in [6.45, 7) is 3.73. The summed E-state index contributed by atoms with van der Waals surface area (Å²) >= 11 is 7.25. The van der Waals surface area contributed by atoms with Crippen LogP contribution in [-0.2, 0) is 6.42 Å². The largest absolute Gasteiger partial charge is 0.507 e. The second-order valence-corrected chi connectivity index (χ2v) is 11.5. The molecule has 0 saturated carbocycles. The van der Waals surface area contributed by atoms with Gasteiger partial charge in [-0.15, -0.1) is 11.8 Å². The Balaban J connectivity index is 1.46. The first kappa shape index (κ1) is 32.7. The number of phenolic OH excluding ortho intramolecular Hbond substituents is 1. The minimum atomic E-state index is -1.35. The minimum absolute atomic E-state index is 0.0360. The number of halogens is 1. The molecule has 44 heavy (non-hydrogen) atoms. The Morgan fingerprint density at radius 1 is 1.14 bits per heavy atom. The number of Topliss-reactive ketones (excluding diaryl/α,β-unsaturated/α-hetero) is 1. The van der Waals surface area contributed by atoms with Crippen molar-refractivity contribution in [3.05, 3.63) is 111 Å². The van der Waals surface area contributed by atoms with Gasteiger partial charge in [0.25, 0.3) is 0 Å². The fourth-order valence-corrected chi connectivity index (χ4v) is 5.66. The standard InChI is InChI=1S/C33H31ClO9S/c1-3-8-24-26(13-12-22(19(2)35)31(24)37)41-14-7-5-4-6-9-30(32(38)28-15-20(34)18-42-28)44-21-10-11-23-25(36)17-29(33(39)40)43-27(23)16-21/h4-6,9-13,15-18,30,32,37-38H,3,7-8,14H2,1-2H3,(H,39,40)/b5-4-,9-6+/t30-,32+/m0/s1. The SMILES string of the molecule is CCCc1c(OCC/C=C\C=C\[C@H](Sc2ccc3c(=O)cc(C(=O)O)oc3c2)[C@H](O)c2cc(Cl)co2)ccc(C(C)=O)c1O. The molecule has 2 aromatic heterocycles. The molecule has 0 aliphatic heterocycles. The van der Waals surface area contributed by atoms with Gasteiger partial charge in [0.2, 0.25) is 5.76 Å². The van der Waals surface area contributed by atoms with Gasteiger partial charge in [-0.1, -0.05) is 49.2 Å². The van der Waals surface area contributed by atoms with Crippen LogP contribution >= 0.6 is 23.4 Å². The highest BCUT2D eigenvalue weighted by molar-refractivity contribution is 8.00. The first-order valence-corrected chi connectivity index (χ1v) is 15.1. The zero-order chi connectivity index (χ0) is 31.8. The molecule has 230 valence electrons. The number of allylic oxidation sites excluding steroid dienone is 2. The second-order valence-electron chi connectivity index (χ2n) is 9.83. The Hall–Kier alpha value is -4.25. The maximum atomic E-state index is 12.3. The Labute approximate surface area is 262 Å². The van der Waals surface area contributed by atoms with Gasteiger partial charge in [-0.2, -0.15) is 0 Å². The summed E-state index contributed by atoms with van der Waals surface area (Å²) in [5.41, 5.74) is 0.533. The average molecular weight is 639 g/mol. The van der Waals surface area contributed by atoms with Crippen LogP contribution in [0.4, 0.5) is 0 Å². The van der Waals surface area contributed by atoms with Crippen molar-refractivity contribution < 1.29 is 38.5 Å². The molecule has 0 spiro atoms. The van der Waals surface area contributed by atoms with E-state index in [4.69, 9.17) is 25.2 Å². The zero-order valence-electron chi connectivity index (χ0n) is 24.0. The maximum absolute atomic E-state index is 12.3. The molecule has 2 aromatic carbocycles. The molecule has 0 fully saturated rings. The molecule has 0 unspecified atom stereocenters. The molecular formula is C33H31ClO9S. The van der Waals surface area contributed by atoms with Crippen molar-refractivity contribution in [3.63, 3.8) is 0 Å². The van der Waals surface area contributed by atoms with Gasteiger partial charge in [-0.25, -0.2) is 4.79 Å². The summed E-state index contributed by atoms with van der Waals surface area (Å²) in [5, 5.41) is 30.9. The molecule has 4 rings (SSSR count). The number of aliphatic hydroxyl groups excluding tert-OH is 1. The fraction of sp³-hybridized carbons (Fsp3) is 0.242. The summed E-state index contributed by atoms with van der Waals surface area (Å²) < 4.78 is 16.7. The third-order valence-electron chi connectivity index (χ3n) is 6.58. The number of carbonyl (C=O) groups is 2. The number of fused-ring (bicyclic) bond motifs is 1. The number of carbonyl (C=O) groups excluding carboxylic acids is 1. The van der Waals surface area contributed by atoms with E-state index >= 15 is 0 Å². The van der Waals surface area contributed by atoms with E-state index in [0.717, 1.165) is 12.5 Å². The summed E-state index contributed by atoms with van der Waals surface area (Å²) in [7, 11) is 0. The zero-order valence-corrected chi connectivity index (χ0v) is 25.6. The van der Waals surface area contributed by atoms with Gasteiger partial charge in [-0.05, 0) is 50.1 Å². The Bertz CT molecular complexity index is 1770. The summed E-state index contributed by atoms with van der Waals surface area (Å²) in [6, 6.07) is 10.5. The number of aromatic carboxylic acids is 1. The van der Waals surface area contributed by atoms with Crippen LogP contribution in [0.1, 0.15) is 65.0 Å². The summed E-state index contributed by atoms with van der Waals surface area (Å²) in [5.74, 6) is -1.26. The molecule has 3 N–H and O–H groups in total. The number of thioether (sulfide) groups is 1. The van der Waals surface area contributed by atoms with E-state index in [9.17, 15) is 29.7 Å². The summed E-state index contributed by atoms with van der Waals surface area (Å²) in [6.07, 6.45) is 9.38. The highest BCUT2D eigenvalue weighted by Gasteiger charge is 2.23. The lowest BCUT2D eigenvalue weighted by Gasteiger charge is -2.18. The number of benzene rings is 2. The summed E-state index contributed by atoms with van der Waals surface area (Å²) in [4.78, 5) is 36.1. The van der Waals surface area contributed by atoms with Gasteiger partial charge < -0.3 is 28.9 Å². The van der Waals surface area contributed by atoms with Crippen molar-refractivity contribution in [2.24, 2.45) is 0 Å². The van der Waals surface area contributed by atoms with Crippen LogP contribution in [0.25, 0.3) is 11.0 Å². The first-order valence-electron chi connectivity index (χ1n) is 13.8. The number of rotatable bonds is 14. The van der Waals surface area contributed by atoms with E-state index in [-0.39, 0.29) is 33.8 Å². The normalized spacial score (nSPS) is 13.1. The molecule has 2 heterocycles. The molecule has 0 radical (unpaired) electrons. The van der Waals surface area contributed by atoms with E-state index in [1.54, 1.807) is 48.6 Å². The second kappa shape index (κ2) is 15.0. The van der Waals surface area contributed by atoms with Crippen molar-refractivity contribution in [2.45, 2.75) is 49.4 Å². The number of carboxylic acid groups (broad SMARTS) is 1. The molecule has 0 aliphatic carbocycles. The Morgan fingerprint density at radius 3 is 2.61 bits per heavy atom. The van der Waals surface area contributed by atoms with E-state index in [2.05, 4.69) is 0 Å². The minimum Gasteiger partial charge on any atom is -0.507 e. The smallest absolute Gasteiger partial charge is 0.371 e. The third kappa shape index (κ3) is 8.02. The quantitative estimate of drug-likeness (QED) is 0.0553.